The summed E-state index contributed by atoms with van der Waals surface area (Å²) >= 11 is 1.41. The highest BCUT2D eigenvalue weighted by atomic mass is 32.1. The Balaban J connectivity index is 1.07. The van der Waals surface area contributed by atoms with Gasteiger partial charge >= 0.3 is 0 Å². The average molecular weight is 672 g/mol. The number of ether oxygens (including phenoxy) is 2. The van der Waals surface area contributed by atoms with Gasteiger partial charge in [-0.05, 0) is 92.8 Å². The van der Waals surface area contributed by atoms with Crippen LogP contribution in [0.2, 0.25) is 0 Å². The number of amides is 2. The molecule has 0 saturated carbocycles. The molecule has 1 aliphatic carbocycles. The van der Waals surface area contributed by atoms with E-state index in [4.69, 9.17) is 9.47 Å². The van der Waals surface area contributed by atoms with Crippen molar-refractivity contribution in [2.75, 3.05) is 10.6 Å². The number of aryl methyl sites for hydroxylation is 1. The Morgan fingerprint density at radius 3 is 2.12 bits per heavy atom. The maximum atomic E-state index is 13.9. The Kier molecular flexibility index (Phi) is 8.82. The molecule has 11 heteroatoms. The van der Waals surface area contributed by atoms with E-state index in [1.807, 2.05) is 60.7 Å². The molecule has 0 radical (unpaired) electrons. The van der Waals surface area contributed by atoms with Gasteiger partial charge in [-0.1, -0.05) is 36.4 Å². The second-order valence-electron chi connectivity index (χ2n) is 11.6. The van der Waals surface area contributed by atoms with Crippen LogP contribution in [0.15, 0.2) is 108 Å². The van der Waals surface area contributed by atoms with Crippen molar-refractivity contribution in [2.24, 2.45) is 7.05 Å². The van der Waals surface area contributed by atoms with Crippen molar-refractivity contribution >= 4 is 33.8 Å². The highest BCUT2D eigenvalue weighted by Gasteiger charge is 2.28. The first-order chi connectivity index (χ1) is 23.9. The molecule has 7 rings (SSSR count). The number of anilines is 2. The van der Waals surface area contributed by atoms with Crippen LogP contribution in [0.1, 0.15) is 49.7 Å². The first-order valence-electron chi connectivity index (χ1n) is 15.9. The average Bonchev–Trinajstić information content (AvgIpc) is 3.59. The van der Waals surface area contributed by atoms with Gasteiger partial charge < -0.3 is 20.1 Å². The largest absolute Gasteiger partial charge is 0.457 e. The lowest BCUT2D eigenvalue weighted by molar-refractivity contribution is 0.102. The highest BCUT2D eigenvalue weighted by molar-refractivity contribution is 7.17. The summed E-state index contributed by atoms with van der Waals surface area (Å²) in [6.07, 6.45) is 4.93. The van der Waals surface area contributed by atoms with Crippen molar-refractivity contribution < 1.29 is 19.1 Å². The van der Waals surface area contributed by atoms with Crippen LogP contribution in [0.5, 0.6) is 23.1 Å². The van der Waals surface area contributed by atoms with E-state index in [9.17, 15) is 14.4 Å². The predicted octanol–water partition coefficient (Wildman–Crippen LogP) is 7.91. The summed E-state index contributed by atoms with van der Waals surface area (Å²) in [5, 5.41) is 6.29. The monoisotopic (exact) mass is 671 g/mol. The van der Waals surface area contributed by atoms with Gasteiger partial charge in [0.25, 0.3) is 17.4 Å². The van der Waals surface area contributed by atoms with E-state index in [0.717, 1.165) is 41.9 Å². The van der Waals surface area contributed by atoms with E-state index in [2.05, 4.69) is 15.6 Å². The molecule has 0 unspecified atom stereocenters. The minimum Gasteiger partial charge on any atom is -0.457 e. The molecule has 0 bridgehead atoms. The normalized spacial score (nSPS) is 12.2. The lowest BCUT2D eigenvalue weighted by atomic mass is 9.95. The minimum atomic E-state index is -0.428. The molecule has 1 aliphatic rings. The molecule has 3 aromatic heterocycles. The zero-order valence-electron chi connectivity index (χ0n) is 26.9. The van der Waals surface area contributed by atoms with E-state index in [1.165, 1.54) is 22.2 Å². The van der Waals surface area contributed by atoms with Gasteiger partial charge in [0.15, 0.2) is 0 Å². The van der Waals surface area contributed by atoms with Crippen LogP contribution >= 0.6 is 11.3 Å². The van der Waals surface area contributed by atoms with Gasteiger partial charge in [0.1, 0.15) is 27.9 Å². The highest BCUT2D eigenvalue weighted by Crippen LogP contribution is 2.39. The van der Waals surface area contributed by atoms with Crippen molar-refractivity contribution in [1.82, 2.24) is 14.3 Å². The number of benzene rings is 3. The molecule has 2 amide bonds. The summed E-state index contributed by atoms with van der Waals surface area (Å²) in [4.78, 5) is 46.3. The molecule has 2 N–H and O–H groups in total. The minimum absolute atomic E-state index is 0.197. The Bertz CT molecular complexity index is 2190. The van der Waals surface area contributed by atoms with Gasteiger partial charge in [-0.25, -0.2) is 9.67 Å². The Morgan fingerprint density at radius 1 is 0.776 bits per heavy atom. The maximum Gasteiger partial charge on any atom is 0.295 e. The summed E-state index contributed by atoms with van der Waals surface area (Å²) in [6, 6.07) is 29.2. The zero-order valence-corrected chi connectivity index (χ0v) is 27.8. The van der Waals surface area contributed by atoms with Crippen LogP contribution in [-0.4, -0.2) is 26.2 Å². The van der Waals surface area contributed by atoms with Gasteiger partial charge in [0.05, 0.1) is 22.5 Å². The summed E-state index contributed by atoms with van der Waals surface area (Å²) in [5.41, 5.74) is 2.79. The maximum absolute atomic E-state index is 13.9. The van der Waals surface area contributed by atoms with Gasteiger partial charge in [-0.2, -0.15) is 0 Å². The van der Waals surface area contributed by atoms with Crippen LogP contribution < -0.4 is 25.7 Å². The van der Waals surface area contributed by atoms with Crippen molar-refractivity contribution in [3.63, 3.8) is 0 Å². The van der Waals surface area contributed by atoms with Crippen molar-refractivity contribution in [1.29, 1.82) is 0 Å². The van der Waals surface area contributed by atoms with Crippen molar-refractivity contribution in [3.8, 4) is 28.8 Å². The number of para-hydroxylation sites is 2. The number of aromatic nitrogens is 3. The van der Waals surface area contributed by atoms with Crippen LogP contribution in [0.3, 0.4) is 0 Å². The summed E-state index contributed by atoms with van der Waals surface area (Å²) in [6.45, 7) is 1.79. The fourth-order valence-electron chi connectivity index (χ4n) is 5.85. The molecule has 0 saturated heterocycles. The molecule has 0 atom stereocenters. The molecule has 0 spiro atoms. The Hall–Kier alpha value is -5.94. The van der Waals surface area contributed by atoms with E-state index in [-0.39, 0.29) is 11.2 Å². The lowest BCUT2D eigenvalue weighted by Crippen LogP contribution is -2.24. The van der Waals surface area contributed by atoms with Crippen LogP contribution in [-0.2, 0) is 19.9 Å². The molecule has 6 aromatic rings. The van der Waals surface area contributed by atoms with Gasteiger partial charge in [-0.3, -0.25) is 19.1 Å². The molecule has 10 nitrogen and oxygen atoms in total. The Morgan fingerprint density at radius 2 is 1.43 bits per heavy atom. The molecule has 3 heterocycles. The first-order valence-corrected chi connectivity index (χ1v) is 16.8. The second-order valence-corrected chi connectivity index (χ2v) is 12.7. The third-order valence-corrected chi connectivity index (χ3v) is 9.65. The van der Waals surface area contributed by atoms with E-state index in [1.54, 1.807) is 55.1 Å². The molecule has 246 valence electrons. The van der Waals surface area contributed by atoms with E-state index >= 15 is 0 Å². The first kappa shape index (κ1) is 31.6. The third-order valence-electron chi connectivity index (χ3n) is 8.44. The zero-order chi connectivity index (χ0) is 33.9. The van der Waals surface area contributed by atoms with Gasteiger partial charge in [0, 0.05) is 24.2 Å². The van der Waals surface area contributed by atoms with Crippen molar-refractivity contribution in [3.05, 3.63) is 141 Å². The van der Waals surface area contributed by atoms with E-state index < -0.39 is 11.8 Å². The number of fused-ring (bicyclic) bond motifs is 1. The number of pyridine rings is 1. The van der Waals surface area contributed by atoms with Crippen LogP contribution in [0.25, 0.3) is 5.69 Å². The van der Waals surface area contributed by atoms with Crippen molar-refractivity contribution in [2.45, 2.75) is 32.6 Å². The fourth-order valence-corrected chi connectivity index (χ4v) is 7.14. The number of hydrogen-bond acceptors (Lipinski definition) is 7. The number of hydrogen-bond donors (Lipinski definition) is 2. The van der Waals surface area contributed by atoms with Gasteiger partial charge in [0.2, 0.25) is 5.88 Å². The summed E-state index contributed by atoms with van der Waals surface area (Å²) < 4.78 is 14.9. The SMILES string of the molecule is Cc1c(NC(=O)c2c(NC(=O)c3ccc(Oc4ccc(Oc5ccccc5)cc4)nc3)sc3c2CCCC3)c(=O)n(-c2ccccc2)n1C. The fraction of sp³-hybridized carbons (Fsp3) is 0.158. The lowest BCUT2D eigenvalue weighted by Gasteiger charge is -2.13. The summed E-state index contributed by atoms with van der Waals surface area (Å²) in [7, 11) is 1.78. The second kappa shape index (κ2) is 13.7. The number of carbonyl (C=O) groups is 2. The van der Waals surface area contributed by atoms with Crippen LogP contribution in [0.4, 0.5) is 10.7 Å². The van der Waals surface area contributed by atoms with Gasteiger partial charge in [-0.15, -0.1) is 11.3 Å². The molecule has 3 aromatic carbocycles. The number of carbonyl (C=O) groups excluding carboxylic acids is 2. The topological polar surface area (TPSA) is 116 Å². The predicted molar refractivity (Wildman–Crippen MR) is 190 cm³/mol. The number of nitrogens with one attached hydrogen (secondary N) is 2. The number of thiophene rings is 1. The summed E-state index contributed by atoms with van der Waals surface area (Å²) in [5.74, 6) is 1.46. The molecule has 49 heavy (non-hydrogen) atoms. The standard InChI is InChI=1S/C38H33N5O5S/c1-24-34(38(46)43(42(24)2)26-11-5-3-6-12-26)40-36(45)33-30-15-9-10-16-31(30)49-37(33)41-35(44)25-17-22-32(39-23-25)48-29-20-18-28(19-21-29)47-27-13-7-4-8-14-27/h3-8,11-14,17-23H,9-10,15-16H2,1-2H3,(H,40,45)(H,41,44). The molecular formula is C38H33N5O5S. The van der Waals surface area contributed by atoms with Crippen LogP contribution in [0, 0.1) is 6.92 Å². The third kappa shape index (κ3) is 6.61. The smallest absolute Gasteiger partial charge is 0.295 e. The number of nitrogens with zero attached hydrogens (tertiary/aromatic N) is 3. The molecule has 0 aliphatic heterocycles. The number of rotatable bonds is 9. The van der Waals surface area contributed by atoms with E-state index in [0.29, 0.717) is 44.9 Å². The Labute approximate surface area is 286 Å². The quantitative estimate of drug-likeness (QED) is 0.161. The molecule has 0 fully saturated rings. The molecular weight excluding hydrogens is 639 g/mol.